The summed E-state index contributed by atoms with van der Waals surface area (Å²) in [7, 11) is 0. The number of aliphatic hydroxyl groups is 4. The number of phenolic OH excluding ortho intramolecular Hbond substituents is 3. The molecule has 19 N–H and O–H groups in total. The lowest BCUT2D eigenvalue weighted by Crippen LogP contribution is -2.42. The Balaban J connectivity index is 0.000000205. The van der Waals surface area contributed by atoms with Gasteiger partial charge in [0.15, 0.2) is 47.0 Å². The van der Waals surface area contributed by atoms with Crippen LogP contribution in [0.15, 0.2) is 175 Å². The van der Waals surface area contributed by atoms with Crippen LogP contribution in [-0.2, 0) is 31.5 Å². The van der Waals surface area contributed by atoms with Crippen LogP contribution in [0.5, 0.6) is 17.2 Å². The maximum atomic E-state index is 13.2. The van der Waals surface area contributed by atoms with E-state index in [9.17, 15) is 100 Å². The van der Waals surface area contributed by atoms with Crippen LogP contribution >= 0.6 is 43.5 Å². The molecule has 32 nitrogen and oxygen atoms in total. The number of hydrogen-bond donors (Lipinski definition) is 19. The number of amides is 4. The first kappa shape index (κ1) is 108. The number of guanidine groups is 4. The highest BCUT2D eigenvalue weighted by Crippen LogP contribution is 2.38. The molecule has 5 heterocycles. The minimum atomic E-state index is -4.49. The van der Waals surface area contributed by atoms with Crippen LogP contribution < -0.4 is 63.8 Å². The van der Waals surface area contributed by atoms with Crippen LogP contribution in [0.4, 0.5) is 49.1 Å². The van der Waals surface area contributed by atoms with E-state index >= 15 is 0 Å². The molecule has 0 fully saturated rings. The number of ketones is 4. The second-order valence-corrected chi connectivity index (χ2v) is 35.6. The molecule has 4 aliphatic rings. The summed E-state index contributed by atoms with van der Waals surface area (Å²) < 4.78 is 80.3. The van der Waals surface area contributed by atoms with Gasteiger partial charge in [-0.15, -0.1) is 0 Å². The number of aromatic nitrogens is 1. The number of nitrogens with one attached hydrogen (secondary N) is 12. The van der Waals surface area contributed by atoms with Crippen molar-refractivity contribution in [2.45, 2.75) is 160 Å². The Morgan fingerprint density at radius 3 is 0.971 bits per heavy atom. The number of carbonyl (C=O) groups is 8. The maximum absolute atomic E-state index is 13.2. The number of aromatic hydroxyl groups is 3. The zero-order chi connectivity index (χ0) is 100.0. The Morgan fingerprint density at radius 1 is 0.372 bits per heavy atom. The number of rotatable bonds is 32. The fraction of sp³-hybridized carbons (Fsp3) is 0.385. The van der Waals surface area contributed by atoms with Crippen LogP contribution in [-0.4, -0.2) is 214 Å². The van der Waals surface area contributed by atoms with Crippen molar-refractivity contribution in [1.29, 1.82) is 0 Å². The monoisotopic (exact) mass is 2050 g/mol. The Kier molecular flexibility index (Phi) is 40.7. The first-order chi connectivity index (χ1) is 64.9. The van der Waals surface area contributed by atoms with E-state index in [-0.39, 0.29) is 144 Å². The number of hydrogen-bond acceptors (Lipinski definition) is 28. The second-order valence-electron chi connectivity index (χ2n) is 33.3. The van der Waals surface area contributed by atoms with Gasteiger partial charge < -0.3 is 99.5 Å². The molecule has 0 saturated heterocycles. The molecular weight excluding hydrogens is 1940 g/mol. The molecule has 0 radical (unpaired) electrons. The third kappa shape index (κ3) is 35.8. The van der Waals surface area contributed by atoms with E-state index in [1.165, 1.54) is 60.9 Å². The topological polar surface area (TPSA) is 485 Å². The summed E-state index contributed by atoms with van der Waals surface area (Å²) in [5.41, 5.74) is 6.55. The molecule has 4 unspecified atom stereocenters. The van der Waals surface area contributed by atoms with Gasteiger partial charge in [-0.2, -0.15) is 26.3 Å². The normalized spacial score (nSPS) is 16.5. The van der Waals surface area contributed by atoms with Gasteiger partial charge in [0.1, 0.15) is 17.2 Å². The average Bonchev–Trinajstić information content (AvgIpc) is 0.828. The first-order valence-electron chi connectivity index (χ1n) is 44.2. The number of β-amino-alcohol motifs (C(OH)–C–C–N with tert-alkyl or cyclic N) is 4. The zero-order valence-electron chi connectivity index (χ0n) is 76.2. The molecule has 12 rings (SSSR count). The molecular formula is C96H112Br2ClF6N17O15. The number of anilines is 4. The molecule has 4 aliphatic heterocycles. The summed E-state index contributed by atoms with van der Waals surface area (Å²) in [5.74, 6) is -2.26. The number of pyridine rings is 1. The van der Waals surface area contributed by atoms with Crippen LogP contribution in [0.2, 0.25) is 5.02 Å². The van der Waals surface area contributed by atoms with Gasteiger partial charge in [0, 0.05) is 124 Å². The highest BCUT2D eigenvalue weighted by atomic mass is 79.9. The summed E-state index contributed by atoms with van der Waals surface area (Å²) >= 11 is 12.8. The third-order valence-electron chi connectivity index (χ3n) is 21.8. The molecule has 0 bridgehead atoms. The van der Waals surface area contributed by atoms with Gasteiger partial charge in [-0.05, 0) is 201 Å². The summed E-state index contributed by atoms with van der Waals surface area (Å²) in [6, 6.07) is 33.7. The second kappa shape index (κ2) is 51.5. The van der Waals surface area contributed by atoms with E-state index in [0.717, 1.165) is 63.8 Å². The predicted octanol–water partition coefficient (Wildman–Crippen LogP) is 12.9. The van der Waals surface area contributed by atoms with Gasteiger partial charge in [-0.1, -0.05) is 94.9 Å². The van der Waals surface area contributed by atoms with Crippen LogP contribution in [0.1, 0.15) is 194 Å². The molecule has 1 aromatic heterocycles. The Hall–Kier alpha value is -12.6. The van der Waals surface area contributed by atoms with E-state index in [1.54, 1.807) is 45.0 Å². The zero-order valence-corrected chi connectivity index (χ0v) is 80.1. The van der Waals surface area contributed by atoms with Crippen molar-refractivity contribution in [2.75, 3.05) is 99.8 Å². The van der Waals surface area contributed by atoms with Crippen molar-refractivity contribution in [2.24, 2.45) is 20.0 Å². The van der Waals surface area contributed by atoms with Gasteiger partial charge in [-0.25, -0.2) is 0 Å². The number of benzene rings is 7. The minimum Gasteiger partial charge on any atom is -0.508 e. The number of aryl methyl sites for hydroxylation is 3. The van der Waals surface area contributed by atoms with Crippen molar-refractivity contribution < 1.29 is 100 Å². The average molecular weight is 2050 g/mol. The number of Topliss-reactive ketones (excluding diaryl/α,β-unsaturated/α-hetero) is 4. The molecule has 0 saturated carbocycles. The standard InChI is InChI=1S/C25H29F3N4O4.C24H29BrN4O4.C24H29ClN4O4.C23H25BrF3N5O3/c1-3-15(16-4-14(2)5-18(6-16)25(26,27)28)8-21(34)11-29-23(36)17-7-19(10-20(33)9-17)32-24-30-12-22(35)13-31-24;2*1-3-15(16-4-14(2)5-18(25)6-16)8-21(31)11-26-23(33)17-7-19(10-20(30)9-17)29-24-27-12-22(32)13-28-24;1-2-13(14-3-16(23(25,26)27)7-17(24)4-14)6-19(33)10-29-21(35)15-5-18(9-28-8-15)32-22-30-11-20(34)12-31-22/h4-7,9-10,15,22,33,35H,3,8,11-13H2,1-2H3,(H,29,36)(H2,30,31,32);2*4-7,9-10,15,22,30,32H,3,8,11-13H2,1-2H3,(H,26,33)(H2,27,28,29);3-5,7-9,13,20,34H,2,6,10-12H2,1H3,(H,29,35)(H2,30,31,32)/t3*15-;13-/m1111/s1. The van der Waals surface area contributed by atoms with Gasteiger partial charge in [0.05, 0.1) is 105 Å². The van der Waals surface area contributed by atoms with Crippen molar-refractivity contribution in [1.82, 2.24) is 47.5 Å². The molecule has 137 heavy (non-hydrogen) atoms. The van der Waals surface area contributed by atoms with E-state index in [4.69, 9.17) is 11.6 Å². The number of aliphatic hydroxyl groups excluding tert-OH is 4. The summed E-state index contributed by atoms with van der Waals surface area (Å²) in [6.07, 6.45) is -5.29. The number of nitrogens with zero attached hydrogens (tertiary/aromatic N) is 5. The molecule has 8 aromatic rings. The molecule has 8 atom stereocenters. The van der Waals surface area contributed by atoms with E-state index in [0.29, 0.717) is 120 Å². The van der Waals surface area contributed by atoms with Crippen LogP contribution in [0.25, 0.3) is 0 Å². The largest absolute Gasteiger partial charge is 0.508 e. The lowest BCUT2D eigenvalue weighted by molar-refractivity contribution is -0.138. The number of aliphatic imine (C=N–C) groups is 4. The molecule has 0 aliphatic carbocycles. The van der Waals surface area contributed by atoms with Crippen LogP contribution in [0.3, 0.4) is 0 Å². The predicted molar refractivity (Wildman–Crippen MR) is 519 cm³/mol. The first-order valence-corrected chi connectivity index (χ1v) is 46.1. The Bertz CT molecular complexity index is 5550. The highest BCUT2D eigenvalue weighted by molar-refractivity contribution is 9.10. The molecule has 4 amide bonds. The number of alkyl halides is 6. The third-order valence-corrected chi connectivity index (χ3v) is 22.9. The van der Waals surface area contributed by atoms with Gasteiger partial charge in [0.2, 0.25) is 0 Å². The van der Waals surface area contributed by atoms with Crippen molar-refractivity contribution in [3.63, 3.8) is 0 Å². The van der Waals surface area contributed by atoms with Gasteiger partial charge in [-0.3, -0.25) is 63.3 Å². The van der Waals surface area contributed by atoms with Crippen molar-refractivity contribution >= 4 is 137 Å². The lowest BCUT2D eigenvalue weighted by Gasteiger charge is -2.20. The quantitative estimate of drug-likeness (QED) is 0.0174. The number of phenols is 3. The molecule has 41 heteroatoms. The van der Waals surface area contributed by atoms with Crippen LogP contribution in [0, 0.1) is 20.8 Å². The summed E-state index contributed by atoms with van der Waals surface area (Å²) in [5, 5.41) is 102. The van der Waals surface area contributed by atoms with Gasteiger partial charge >= 0.3 is 12.4 Å². The number of carbonyl (C=O) groups excluding carboxylic acids is 8. The van der Waals surface area contributed by atoms with Crippen molar-refractivity contribution in [3.8, 4) is 17.2 Å². The fourth-order valence-corrected chi connectivity index (χ4v) is 16.2. The number of halogens is 9. The lowest BCUT2D eigenvalue weighted by atomic mass is 9.89. The van der Waals surface area contributed by atoms with E-state index in [1.807, 2.05) is 58.0 Å². The SMILES string of the molecule is CC[C@H](CC(=O)CNC(=O)c1cc(O)cc(NC2=NCC(O)CN2)c1)c1cc(C)cc(Br)c1.CC[C@H](CC(=O)CNC(=O)c1cc(O)cc(NC2=NCC(O)CN2)c1)c1cc(C)cc(C(F)(F)F)c1.CC[C@H](CC(=O)CNC(=O)c1cc(O)cc(NC2=NCC(O)CN2)c1)c1cc(C)cc(Cl)c1.CC[C@H](CC(=O)CNC(=O)c1cncc(NC2=NCC(O)CN2)c1)c1cc(Br)cc(C(F)(F)F)c1. The summed E-state index contributed by atoms with van der Waals surface area (Å²) in [4.78, 5) is 121. The molecule has 0 spiro atoms. The highest BCUT2D eigenvalue weighted by Gasteiger charge is 2.34. The maximum Gasteiger partial charge on any atom is 0.416 e. The van der Waals surface area contributed by atoms with Crippen molar-refractivity contribution in [3.05, 3.63) is 232 Å². The smallest absolute Gasteiger partial charge is 0.416 e. The fourth-order valence-electron chi connectivity index (χ4n) is 14.8. The Labute approximate surface area is 809 Å². The summed E-state index contributed by atoms with van der Waals surface area (Å²) in [6.45, 7) is 14.8. The molecule has 7 aromatic carbocycles. The molecule has 734 valence electrons. The Morgan fingerprint density at radius 2 is 0.657 bits per heavy atom. The van der Waals surface area contributed by atoms with Gasteiger partial charge in [0.25, 0.3) is 23.6 Å². The van der Waals surface area contributed by atoms with E-state index < -0.39 is 83.4 Å². The minimum absolute atomic E-state index is 0.0122. The van der Waals surface area contributed by atoms with E-state index in [2.05, 4.69) is 127 Å².